The standard InChI is InChI=1S/C10H9F3O2/c11-10(12,13)9(14)5-6-15-8-4-2-1-3-7(8)9/h1-4,14H,5-6H2. The van der Waals surface area contributed by atoms with Crippen LogP contribution in [0.3, 0.4) is 0 Å². The summed E-state index contributed by atoms with van der Waals surface area (Å²) in [6.45, 7) is -0.132. The number of benzene rings is 1. The average Bonchev–Trinajstić information content (AvgIpc) is 2.17. The molecule has 0 saturated heterocycles. The number of fused-ring (bicyclic) bond motifs is 1. The van der Waals surface area contributed by atoms with Crippen molar-refractivity contribution in [1.82, 2.24) is 0 Å². The predicted molar refractivity (Wildman–Crippen MR) is 46.5 cm³/mol. The van der Waals surface area contributed by atoms with Crippen LogP contribution < -0.4 is 4.74 Å². The van der Waals surface area contributed by atoms with Gasteiger partial charge in [-0.05, 0) is 6.07 Å². The van der Waals surface area contributed by atoms with Crippen molar-refractivity contribution in [2.24, 2.45) is 0 Å². The molecule has 1 aliphatic heterocycles. The van der Waals surface area contributed by atoms with Crippen molar-refractivity contribution in [1.29, 1.82) is 0 Å². The second-order valence-electron chi connectivity index (χ2n) is 3.45. The Morgan fingerprint density at radius 1 is 1.27 bits per heavy atom. The molecule has 0 saturated carbocycles. The molecule has 0 aliphatic carbocycles. The van der Waals surface area contributed by atoms with Crippen molar-refractivity contribution in [3.63, 3.8) is 0 Å². The lowest BCUT2D eigenvalue weighted by Crippen LogP contribution is -2.45. The van der Waals surface area contributed by atoms with E-state index in [0.717, 1.165) is 0 Å². The summed E-state index contributed by atoms with van der Waals surface area (Å²) in [4.78, 5) is 0. The lowest BCUT2D eigenvalue weighted by molar-refractivity contribution is -0.274. The quantitative estimate of drug-likeness (QED) is 0.723. The van der Waals surface area contributed by atoms with Gasteiger partial charge in [-0.25, -0.2) is 0 Å². The molecule has 0 amide bonds. The second-order valence-corrected chi connectivity index (χ2v) is 3.45. The molecular formula is C10H9F3O2. The van der Waals surface area contributed by atoms with Crippen molar-refractivity contribution >= 4 is 0 Å². The molecule has 1 aliphatic rings. The molecule has 0 aromatic heterocycles. The van der Waals surface area contributed by atoms with Crippen LogP contribution in [0.1, 0.15) is 12.0 Å². The van der Waals surface area contributed by atoms with E-state index in [-0.39, 0.29) is 17.9 Å². The molecule has 2 nitrogen and oxygen atoms in total. The van der Waals surface area contributed by atoms with Gasteiger partial charge in [0.25, 0.3) is 0 Å². The molecule has 0 bridgehead atoms. The molecule has 1 N–H and O–H groups in total. The molecule has 1 heterocycles. The van der Waals surface area contributed by atoms with Crippen molar-refractivity contribution < 1.29 is 23.0 Å². The van der Waals surface area contributed by atoms with E-state index in [0.29, 0.717) is 0 Å². The SMILES string of the molecule is OC1(C(F)(F)F)CCOc2ccccc21. The summed E-state index contributed by atoms with van der Waals surface area (Å²) in [7, 11) is 0. The molecule has 1 aromatic carbocycles. The minimum Gasteiger partial charge on any atom is -0.493 e. The first kappa shape index (κ1) is 10.3. The molecule has 2 rings (SSSR count). The van der Waals surface area contributed by atoms with E-state index in [4.69, 9.17) is 4.74 Å². The zero-order valence-electron chi connectivity index (χ0n) is 7.71. The minimum atomic E-state index is -4.67. The summed E-state index contributed by atoms with van der Waals surface area (Å²) in [6.07, 6.45) is -5.14. The zero-order valence-corrected chi connectivity index (χ0v) is 7.71. The van der Waals surface area contributed by atoms with Gasteiger partial charge in [0, 0.05) is 12.0 Å². The lowest BCUT2D eigenvalue weighted by Gasteiger charge is -2.35. The van der Waals surface area contributed by atoms with Crippen LogP contribution in [0.25, 0.3) is 0 Å². The van der Waals surface area contributed by atoms with E-state index in [1.807, 2.05) is 0 Å². The molecule has 5 heteroatoms. The maximum absolute atomic E-state index is 12.7. The first-order valence-corrected chi connectivity index (χ1v) is 4.46. The number of hydrogen-bond acceptors (Lipinski definition) is 2. The Labute approximate surface area is 84.3 Å². The van der Waals surface area contributed by atoms with Crippen LogP contribution in [0.4, 0.5) is 13.2 Å². The first-order valence-electron chi connectivity index (χ1n) is 4.46. The average molecular weight is 218 g/mol. The van der Waals surface area contributed by atoms with Gasteiger partial charge in [0.05, 0.1) is 6.61 Å². The third kappa shape index (κ3) is 1.47. The van der Waals surface area contributed by atoms with E-state index < -0.39 is 18.2 Å². The molecule has 0 fully saturated rings. The molecule has 1 aromatic rings. The van der Waals surface area contributed by atoms with Gasteiger partial charge in [0.1, 0.15) is 5.75 Å². The van der Waals surface area contributed by atoms with Crippen LogP contribution in [-0.4, -0.2) is 17.9 Å². The molecule has 15 heavy (non-hydrogen) atoms. The molecule has 0 radical (unpaired) electrons. The highest BCUT2D eigenvalue weighted by atomic mass is 19.4. The number of rotatable bonds is 0. The Morgan fingerprint density at radius 3 is 2.60 bits per heavy atom. The van der Waals surface area contributed by atoms with Crippen molar-refractivity contribution in [2.75, 3.05) is 6.61 Å². The van der Waals surface area contributed by atoms with E-state index in [1.54, 1.807) is 6.07 Å². The molecule has 1 atom stereocenters. The molecule has 0 spiro atoms. The van der Waals surface area contributed by atoms with Gasteiger partial charge in [-0.15, -0.1) is 0 Å². The summed E-state index contributed by atoms with van der Waals surface area (Å²) in [6, 6.07) is 5.68. The van der Waals surface area contributed by atoms with Crippen LogP contribution in [0.5, 0.6) is 5.75 Å². The topological polar surface area (TPSA) is 29.5 Å². The van der Waals surface area contributed by atoms with Crippen LogP contribution in [-0.2, 0) is 5.60 Å². The highest BCUT2D eigenvalue weighted by molar-refractivity contribution is 5.40. The van der Waals surface area contributed by atoms with Crippen LogP contribution in [0.2, 0.25) is 0 Å². The van der Waals surface area contributed by atoms with Crippen molar-refractivity contribution in [3.05, 3.63) is 29.8 Å². The van der Waals surface area contributed by atoms with Crippen LogP contribution >= 0.6 is 0 Å². The van der Waals surface area contributed by atoms with E-state index >= 15 is 0 Å². The largest absolute Gasteiger partial charge is 0.493 e. The number of alkyl halides is 3. The van der Waals surface area contributed by atoms with Crippen LogP contribution in [0.15, 0.2) is 24.3 Å². The van der Waals surface area contributed by atoms with E-state index in [2.05, 4.69) is 0 Å². The Morgan fingerprint density at radius 2 is 1.93 bits per heavy atom. The second kappa shape index (κ2) is 3.13. The number of para-hydroxylation sites is 1. The molecule has 82 valence electrons. The minimum absolute atomic E-state index is 0.101. The van der Waals surface area contributed by atoms with Gasteiger partial charge in [-0.3, -0.25) is 0 Å². The van der Waals surface area contributed by atoms with Crippen molar-refractivity contribution in [3.8, 4) is 5.75 Å². The fourth-order valence-electron chi connectivity index (χ4n) is 1.67. The molecule has 1 unspecified atom stereocenters. The van der Waals surface area contributed by atoms with Crippen molar-refractivity contribution in [2.45, 2.75) is 18.2 Å². The van der Waals surface area contributed by atoms with E-state index in [1.165, 1.54) is 18.2 Å². The summed E-state index contributed by atoms with van der Waals surface area (Å²) < 4.78 is 43.2. The number of aliphatic hydroxyl groups is 1. The third-order valence-electron chi connectivity index (χ3n) is 2.52. The Bertz CT molecular complexity index is 375. The van der Waals surface area contributed by atoms with Gasteiger partial charge >= 0.3 is 6.18 Å². The normalized spacial score (nSPS) is 25.6. The Hall–Kier alpha value is -1.23. The predicted octanol–water partition coefficient (Wildman–Crippen LogP) is 2.22. The monoisotopic (exact) mass is 218 g/mol. The summed E-state index contributed by atoms with van der Waals surface area (Å²) in [5.41, 5.74) is -2.98. The number of ether oxygens (including phenoxy) is 1. The Balaban J connectivity index is 2.55. The van der Waals surface area contributed by atoms with Gasteiger partial charge in [0.2, 0.25) is 0 Å². The highest BCUT2D eigenvalue weighted by Gasteiger charge is 2.57. The van der Waals surface area contributed by atoms with Gasteiger partial charge in [-0.2, -0.15) is 13.2 Å². The first-order chi connectivity index (χ1) is 6.95. The van der Waals surface area contributed by atoms with Crippen LogP contribution in [0, 0.1) is 0 Å². The third-order valence-corrected chi connectivity index (χ3v) is 2.52. The van der Waals surface area contributed by atoms with Gasteiger partial charge in [-0.1, -0.05) is 18.2 Å². The summed E-state index contributed by atoms with van der Waals surface area (Å²) in [5.74, 6) is 0.101. The smallest absolute Gasteiger partial charge is 0.421 e. The molecular weight excluding hydrogens is 209 g/mol. The summed E-state index contributed by atoms with van der Waals surface area (Å²) in [5, 5.41) is 9.65. The lowest BCUT2D eigenvalue weighted by atomic mass is 9.87. The number of halogens is 3. The van der Waals surface area contributed by atoms with Gasteiger partial charge in [0.15, 0.2) is 5.60 Å². The maximum Gasteiger partial charge on any atom is 0.421 e. The fraction of sp³-hybridized carbons (Fsp3) is 0.400. The fourth-order valence-corrected chi connectivity index (χ4v) is 1.67. The summed E-state index contributed by atoms with van der Waals surface area (Å²) >= 11 is 0. The Kier molecular flexibility index (Phi) is 2.15. The highest BCUT2D eigenvalue weighted by Crippen LogP contribution is 2.47. The zero-order chi connectivity index (χ0) is 11.1. The van der Waals surface area contributed by atoms with Gasteiger partial charge < -0.3 is 9.84 Å². The van der Waals surface area contributed by atoms with E-state index in [9.17, 15) is 18.3 Å². The number of hydrogen-bond donors (Lipinski definition) is 1. The maximum atomic E-state index is 12.7.